The molecule has 1 aliphatic heterocycles. The van der Waals surface area contributed by atoms with Crippen LogP contribution >= 0.6 is 0 Å². The van der Waals surface area contributed by atoms with Crippen LogP contribution in [0.15, 0.2) is 18.2 Å². The Labute approximate surface area is 135 Å². The molecule has 1 aromatic carbocycles. The maximum atomic E-state index is 13.4. The molecule has 1 unspecified atom stereocenters. The van der Waals surface area contributed by atoms with Gasteiger partial charge in [-0.3, -0.25) is 4.90 Å². The van der Waals surface area contributed by atoms with Crippen LogP contribution in [-0.2, 0) is 16.6 Å². The number of hydrogen-bond acceptors (Lipinski definition) is 3. The lowest BCUT2D eigenvalue weighted by molar-refractivity contribution is 0.313. The molecular weight excluding hydrogens is 317 g/mol. The zero-order valence-corrected chi connectivity index (χ0v) is 14.2. The van der Waals surface area contributed by atoms with Gasteiger partial charge in [0.15, 0.2) is 0 Å². The second kappa shape index (κ2) is 6.22. The Balaban J connectivity index is 1.65. The van der Waals surface area contributed by atoms with Crippen LogP contribution in [0.25, 0.3) is 10.9 Å². The molecule has 126 valence electrons. The number of aromatic nitrogens is 1. The third kappa shape index (κ3) is 3.91. The van der Waals surface area contributed by atoms with Gasteiger partial charge in [-0.1, -0.05) is 0 Å². The predicted molar refractivity (Wildman–Crippen MR) is 89.2 cm³/mol. The minimum atomic E-state index is -3.13. The number of nitrogens with one attached hydrogen (secondary N) is 2. The fraction of sp³-hybridized carbons (Fsp3) is 0.500. The molecule has 1 aliphatic rings. The van der Waals surface area contributed by atoms with Gasteiger partial charge in [0, 0.05) is 36.2 Å². The normalized spacial score (nSPS) is 19.7. The number of benzene rings is 1. The van der Waals surface area contributed by atoms with Gasteiger partial charge in [-0.2, -0.15) is 0 Å². The predicted octanol–water partition coefficient (Wildman–Crippen LogP) is 1.99. The quantitative estimate of drug-likeness (QED) is 0.875. The van der Waals surface area contributed by atoms with Gasteiger partial charge in [0.1, 0.15) is 5.82 Å². The highest BCUT2D eigenvalue weighted by molar-refractivity contribution is 7.88. The summed E-state index contributed by atoms with van der Waals surface area (Å²) in [5, 5.41) is 0.925. The number of rotatable bonds is 5. The minimum absolute atomic E-state index is 0.223. The summed E-state index contributed by atoms with van der Waals surface area (Å²) in [5.41, 5.74) is 3.13. The fourth-order valence-corrected chi connectivity index (χ4v) is 3.77. The Kier molecular flexibility index (Phi) is 4.44. The zero-order chi connectivity index (χ0) is 16.6. The van der Waals surface area contributed by atoms with Crippen molar-refractivity contribution >= 4 is 20.9 Å². The van der Waals surface area contributed by atoms with E-state index in [-0.39, 0.29) is 5.82 Å². The van der Waals surface area contributed by atoms with Crippen molar-refractivity contribution in [2.75, 3.05) is 25.9 Å². The summed E-state index contributed by atoms with van der Waals surface area (Å²) in [6, 6.07) is 4.79. The van der Waals surface area contributed by atoms with Gasteiger partial charge >= 0.3 is 0 Å². The topological polar surface area (TPSA) is 65.2 Å². The fourth-order valence-electron chi connectivity index (χ4n) is 3.23. The summed E-state index contributed by atoms with van der Waals surface area (Å²) in [7, 11) is -3.13. The summed E-state index contributed by atoms with van der Waals surface area (Å²) < 4.78 is 38.3. The molecule has 0 spiro atoms. The van der Waals surface area contributed by atoms with E-state index in [0.717, 1.165) is 48.2 Å². The van der Waals surface area contributed by atoms with Crippen molar-refractivity contribution in [1.29, 1.82) is 0 Å². The standard InChI is InChI=1S/C16H22FN3O2S/c1-11-14-7-13(17)3-4-15(14)19-16(11)10-20-6-5-12(9-20)8-18-23(2,21)22/h3-4,7,12,18-19H,5-6,8-10H2,1-2H3. The summed E-state index contributed by atoms with van der Waals surface area (Å²) >= 11 is 0. The van der Waals surface area contributed by atoms with Gasteiger partial charge in [-0.05, 0) is 49.6 Å². The van der Waals surface area contributed by atoms with E-state index < -0.39 is 10.0 Å². The molecule has 0 amide bonds. The second-order valence-electron chi connectivity index (χ2n) is 6.43. The molecule has 0 bridgehead atoms. The lowest BCUT2D eigenvalue weighted by Crippen LogP contribution is -2.30. The SMILES string of the molecule is Cc1c(CN2CCC(CNS(C)(=O)=O)C2)[nH]c2ccc(F)cc12. The maximum Gasteiger partial charge on any atom is 0.208 e. The number of nitrogens with zero attached hydrogens (tertiary/aromatic N) is 1. The van der Waals surface area contributed by atoms with Crippen LogP contribution in [0, 0.1) is 18.7 Å². The van der Waals surface area contributed by atoms with E-state index in [4.69, 9.17) is 0 Å². The monoisotopic (exact) mass is 339 g/mol. The molecule has 1 atom stereocenters. The van der Waals surface area contributed by atoms with Crippen LogP contribution < -0.4 is 4.72 Å². The van der Waals surface area contributed by atoms with E-state index in [9.17, 15) is 12.8 Å². The Morgan fingerprint density at radius 2 is 2.22 bits per heavy atom. The molecule has 0 radical (unpaired) electrons. The van der Waals surface area contributed by atoms with E-state index in [0.29, 0.717) is 12.5 Å². The highest BCUT2D eigenvalue weighted by Gasteiger charge is 2.24. The Morgan fingerprint density at radius 3 is 2.96 bits per heavy atom. The van der Waals surface area contributed by atoms with E-state index in [1.165, 1.54) is 12.3 Å². The molecule has 1 fully saturated rings. The van der Waals surface area contributed by atoms with E-state index in [2.05, 4.69) is 14.6 Å². The summed E-state index contributed by atoms with van der Waals surface area (Å²) in [5.74, 6) is 0.117. The molecule has 5 nitrogen and oxygen atoms in total. The van der Waals surface area contributed by atoms with Crippen LogP contribution in [0.4, 0.5) is 4.39 Å². The first-order chi connectivity index (χ1) is 10.8. The largest absolute Gasteiger partial charge is 0.357 e. The number of likely N-dealkylation sites (tertiary alicyclic amines) is 1. The molecular formula is C16H22FN3O2S. The molecule has 1 aromatic heterocycles. The second-order valence-corrected chi connectivity index (χ2v) is 8.26. The average molecular weight is 339 g/mol. The molecule has 1 saturated heterocycles. The van der Waals surface area contributed by atoms with Crippen molar-refractivity contribution in [2.45, 2.75) is 19.9 Å². The van der Waals surface area contributed by atoms with Gasteiger partial charge in [-0.25, -0.2) is 17.5 Å². The Morgan fingerprint density at radius 1 is 1.43 bits per heavy atom. The number of aryl methyl sites for hydroxylation is 1. The molecule has 2 N–H and O–H groups in total. The van der Waals surface area contributed by atoms with E-state index in [1.54, 1.807) is 12.1 Å². The molecule has 23 heavy (non-hydrogen) atoms. The van der Waals surface area contributed by atoms with Crippen LogP contribution in [-0.4, -0.2) is 44.2 Å². The number of fused-ring (bicyclic) bond motifs is 1. The van der Waals surface area contributed by atoms with Gasteiger partial charge in [0.25, 0.3) is 0 Å². The van der Waals surface area contributed by atoms with E-state index in [1.807, 2.05) is 6.92 Å². The first-order valence-electron chi connectivity index (χ1n) is 7.75. The lowest BCUT2D eigenvalue weighted by Gasteiger charge is -2.16. The van der Waals surface area contributed by atoms with Crippen molar-refractivity contribution in [3.63, 3.8) is 0 Å². The van der Waals surface area contributed by atoms with Gasteiger partial charge in [0.05, 0.1) is 6.26 Å². The molecule has 0 saturated carbocycles. The van der Waals surface area contributed by atoms with E-state index >= 15 is 0 Å². The highest BCUT2D eigenvalue weighted by atomic mass is 32.2. The molecule has 3 rings (SSSR count). The Bertz CT molecular complexity index is 816. The number of aromatic amines is 1. The number of H-pyrrole nitrogens is 1. The maximum absolute atomic E-state index is 13.4. The van der Waals surface area contributed by atoms with Crippen LogP contribution in [0.1, 0.15) is 17.7 Å². The number of halogens is 1. The van der Waals surface area contributed by atoms with Crippen molar-refractivity contribution in [1.82, 2.24) is 14.6 Å². The first kappa shape index (κ1) is 16.4. The van der Waals surface area contributed by atoms with Gasteiger partial charge < -0.3 is 4.98 Å². The number of hydrogen-bond donors (Lipinski definition) is 2. The smallest absolute Gasteiger partial charge is 0.208 e. The van der Waals surface area contributed by atoms with Gasteiger partial charge in [-0.15, -0.1) is 0 Å². The van der Waals surface area contributed by atoms with Gasteiger partial charge in [0.2, 0.25) is 10.0 Å². The zero-order valence-electron chi connectivity index (χ0n) is 13.4. The molecule has 2 aromatic rings. The molecule has 0 aliphatic carbocycles. The van der Waals surface area contributed by atoms with Crippen LogP contribution in [0.3, 0.4) is 0 Å². The summed E-state index contributed by atoms with van der Waals surface area (Å²) in [4.78, 5) is 5.68. The van der Waals surface area contributed by atoms with Crippen molar-refractivity contribution in [3.8, 4) is 0 Å². The van der Waals surface area contributed by atoms with Crippen molar-refractivity contribution < 1.29 is 12.8 Å². The molecule has 2 heterocycles. The Hall–Kier alpha value is -1.44. The highest BCUT2D eigenvalue weighted by Crippen LogP contribution is 2.25. The first-order valence-corrected chi connectivity index (χ1v) is 9.64. The third-order valence-electron chi connectivity index (χ3n) is 4.51. The minimum Gasteiger partial charge on any atom is -0.357 e. The summed E-state index contributed by atoms with van der Waals surface area (Å²) in [6.07, 6.45) is 2.17. The molecule has 7 heteroatoms. The van der Waals surface area contributed by atoms with Crippen molar-refractivity contribution in [2.24, 2.45) is 5.92 Å². The lowest BCUT2D eigenvalue weighted by atomic mass is 10.1. The number of sulfonamides is 1. The summed E-state index contributed by atoms with van der Waals surface area (Å²) in [6.45, 7) is 5.08. The third-order valence-corrected chi connectivity index (χ3v) is 5.20. The average Bonchev–Trinajstić information content (AvgIpc) is 3.03. The van der Waals surface area contributed by atoms with Crippen LogP contribution in [0.2, 0.25) is 0 Å². The van der Waals surface area contributed by atoms with Crippen molar-refractivity contribution in [3.05, 3.63) is 35.3 Å². The van der Waals surface area contributed by atoms with Crippen LogP contribution in [0.5, 0.6) is 0 Å².